The first-order valence-corrected chi connectivity index (χ1v) is 6.04. The smallest absolute Gasteiger partial charge is 0.128 e. The molecule has 102 valence electrons. The quantitative estimate of drug-likeness (QED) is 0.877. The molecule has 3 nitrogen and oxygen atoms in total. The third-order valence-corrected chi connectivity index (χ3v) is 3.28. The van der Waals surface area contributed by atoms with E-state index in [1.54, 1.807) is 6.07 Å². The van der Waals surface area contributed by atoms with E-state index in [-0.39, 0.29) is 30.9 Å². The summed E-state index contributed by atoms with van der Waals surface area (Å²) in [5.41, 5.74) is 1.50. The maximum Gasteiger partial charge on any atom is 0.128 e. The number of aliphatic hydroxyl groups excluding tert-OH is 1. The highest BCUT2D eigenvalue weighted by atomic mass is 35.5. The van der Waals surface area contributed by atoms with Crippen molar-refractivity contribution in [2.45, 2.75) is 13.0 Å². The van der Waals surface area contributed by atoms with Crippen LogP contribution in [0.2, 0.25) is 0 Å². The molecule has 2 rings (SSSR count). The molecule has 1 aromatic carbocycles. The van der Waals surface area contributed by atoms with Gasteiger partial charge in [0.15, 0.2) is 0 Å². The first-order valence-electron chi connectivity index (χ1n) is 6.04. The van der Waals surface area contributed by atoms with Crippen LogP contribution in [-0.2, 0) is 0 Å². The highest BCUT2D eigenvalue weighted by Gasteiger charge is 2.23. The second kappa shape index (κ2) is 7.04. The lowest BCUT2D eigenvalue weighted by Gasteiger charge is -2.34. The Morgan fingerprint density at radius 3 is 2.61 bits per heavy atom. The molecule has 0 aromatic heterocycles. The Balaban J connectivity index is 0.00000162. The maximum absolute atomic E-state index is 13.9. The van der Waals surface area contributed by atoms with Gasteiger partial charge in [-0.3, -0.25) is 4.90 Å². The zero-order chi connectivity index (χ0) is 12.3. The van der Waals surface area contributed by atoms with Crippen LogP contribution in [0.5, 0.6) is 0 Å². The summed E-state index contributed by atoms with van der Waals surface area (Å²) in [7, 11) is 0. The monoisotopic (exact) mass is 274 g/mol. The Hall–Kier alpha value is -0.680. The molecule has 0 amide bonds. The third kappa shape index (κ3) is 3.42. The molecule has 0 aliphatic carbocycles. The number of halogens is 2. The summed E-state index contributed by atoms with van der Waals surface area (Å²) in [6, 6.07) is 4.98. The zero-order valence-electron chi connectivity index (χ0n) is 10.5. The highest BCUT2D eigenvalue weighted by Crippen LogP contribution is 2.24. The lowest BCUT2D eigenvalue weighted by molar-refractivity contribution is 0.108. The summed E-state index contributed by atoms with van der Waals surface area (Å²) in [4.78, 5) is 2.13. The molecule has 1 fully saturated rings. The van der Waals surface area contributed by atoms with E-state index in [1.807, 2.05) is 13.0 Å². The van der Waals surface area contributed by atoms with Crippen LogP contribution in [0.3, 0.4) is 0 Å². The largest absolute Gasteiger partial charge is 0.394 e. The van der Waals surface area contributed by atoms with Crippen LogP contribution in [0.15, 0.2) is 18.2 Å². The molecule has 0 spiro atoms. The molecule has 1 aliphatic heterocycles. The maximum atomic E-state index is 13.9. The summed E-state index contributed by atoms with van der Waals surface area (Å²) in [6.45, 7) is 5.30. The van der Waals surface area contributed by atoms with Gasteiger partial charge in [-0.2, -0.15) is 0 Å². The minimum atomic E-state index is -0.224. The number of hydrogen-bond acceptors (Lipinski definition) is 3. The summed E-state index contributed by atoms with van der Waals surface area (Å²) in [5.74, 6) is -0.220. The zero-order valence-corrected chi connectivity index (χ0v) is 11.3. The van der Waals surface area contributed by atoms with Gasteiger partial charge in [0.05, 0.1) is 12.6 Å². The molecule has 1 aliphatic rings. The fourth-order valence-electron chi connectivity index (χ4n) is 2.31. The van der Waals surface area contributed by atoms with Crippen LogP contribution in [0.4, 0.5) is 4.39 Å². The van der Waals surface area contributed by atoms with Gasteiger partial charge in [0, 0.05) is 31.7 Å². The van der Waals surface area contributed by atoms with E-state index in [1.165, 1.54) is 6.07 Å². The van der Waals surface area contributed by atoms with Gasteiger partial charge in [0.1, 0.15) is 5.82 Å². The number of piperazine rings is 1. The summed E-state index contributed by atoms with van der Waals surface area (Å²) in [5, 5.41) is 12.7. The molecule has 2 N–H and O–H groups in total. The van der Waals surface area contributed by atoms with Crippen molar-refractivity contribution >= 4 is 12.4 Å². The fraction of sp³-hybridized carbons (Fsp3) is 0.538. The molecule has 5 heteroatoms. The average molecular weight is 275 g/mol. The Bertz CT molecular complexity index is 383. The molecule has 18 heavy (non-hydrogen) atoms. The lowest BCUT2D eigenvalue weighted by atomic mass is 10.0. The van der Waals surface area contributed by atoms with Gasteiger partial charge in [-0.05, 0) is 18.6 Å². The fourth-order valence-corrected chi connectivity index (χ4v) is 2.31. The predicted molar refractivity (Wildman–Crippen MR) is 72.7 cm³/mol. The summed E-state index contributed by atoms with van der Waals surface area (Å²) >= 11 is 0. The van der Waals surface area contributed by atoms with Crippen LogP contribution in [0.1, 0.15) is 17.2 Å². The van der Waals surface area contributed by atoms with Crippen molar-refractivity contribution in [2.75, 3.05) is 32.8 Å². The Morgan fingerprint density at radius 2 is 2.06 bits per heavy atom. The van der Waals surface area contributed by atoms with Crippen LogP contribution >= 0.6 is 12.4 Å². The van der Waals surface area contributed by atoms with Crippen molar-refractivity contribution in [1.29, 1.82) is 0 Å². The number of aryl methyl sites for hydroxylation is 1. The molecule has 0 bridgehead atoms. The van der Waals surface area contributed by atoms with E-state index in [0.717, 1.165) is 31.7 Å². The number of nitrogens with one attached hydrogen (secondary N) is 1. The first-order chi connectivity index (χ1) is 8.22. The molecular weight excluding hydrogens is 255 g/mol. The van der Waals surface area contributed by atoms with E-state index in [9.17, 15) is 9.50 Å². The lowest BCUT2D eigenvalue weighted by Crippen LogP contribution is -2.46. The van der Waals surface area contributed by atoms with Crippen molar-refractivity contribution < 1.29 is 9.50 Å². The molecule has 1 aromatic rings. The third-order valence-electron chi connectivity index (χ3n) is 3.28. The molecule has 1 atom stereocenters. The van der Waals surface area contributed by atoms with Crippen LogP contribution in [0, 0.1) is 12.7 Å². The Kier molecular flexibility index (Phi) is 6.02. The SMILES string of the molecule is Cc1ccc([C@@H](CO)N2CCNCC2)c(F)c1.Cl. The van der Waals surface area contributed by atoms with Crippen LogP contribution in [-0.4, -0.2) is 42.8 Å². The minimum Gasteiger partial charge on any atom is -0.394 e. The molecule has 1 saturated heterocycles. The molecule has 1 heterocycles. The van der Waals surface area contributed by atoms with Crippen molar-refractivity contribution in [3.05, 3.63) is 35.1 Å². The second-order valence-electron chi connectivity index (χ2n) is 4.51. The Labute approximate surface area is 113 Å². The van der Waals surface area contributed by atoms with E-state index in [0.29, 0.717) is 5.56 Å². The number of rotatable bonds is 3. The van der Waals surface area contributed by atoms with Gasteiger partial charge in [-0.25, -0.2) is 4.39 Å². The normalized spacial score (nSPS) is 18.2. The van der Waals surface area contributed by atoms with Crippen molar-refractivity contribution in [1.82, 2.24) is 10.2 Å². The van der Waals surface area contributed by atoms with E-state index in [2.05, 4.69) is 10.2 Å². The highest BCUT2D eigenvalue weighted by molar-refractivity contribution is 5.85. The first kappa shape index (κ1) is 15.4. The van der Waals surface area contributed by atoms with Gasteiger partial charge < -0.3 is 10.4 Å². The standard InChI is InChI=1S/C13H19FN2O.ClH/c1-10-2-3-11(12(14)8-10)13(9-17)16-6-4-15-5-7-16;/h2-3,8,13,15,17H,4-7,9H2,1H3;1H/t13-;/m1./s1. The van der Waals surface area contributed by atoms with Crippen LogP contribution < -0.4 is 5.32 Å². The number of aliphatic hydroxyl groups is 1. The average Bonchev–Trinajstić information content (AvgIpc) is 2.34. The number of benzene rings is 1. The van der Waals surface area contributed by atoms with Gasteiger partial charge in [-0.15, -0.1) is 12.4 Å². The number of nitrogens with zero attached hydrogens (tertiary/aromatic N) is 1. The van der Waals surface area contributed by atoms with E-state index >= 15 is 0 Å². The minimum absolute atomic E-state index is 0. The number of hydrogen-bond donors (Lipinski definition) is 2. The van der Waals surface area contributed by atoms with Crippen molar-refractivity contribution in [2.24, 2.45) is 0 Å². The summed E-state index contributed by atoms with van der Waals surface area (Å²) < 4.78 is 13.9. The molecule has 0 unspecified atom stereocenters. The van der Waals surface area contributed by atoms with E-state index in [4.69, 9.17) is 0 Å². The van der Waals surface area contributed by atoms with Gasteiger partial charge in [0.25, 0.3) is 0 Å². The molecule has 0 radical (unpaired) electrons. The van der Waals surface area contributed by atoms with Crippen molar-refractivity contribution in [3.8, 4) is 0 Å². The predicted octanol–water partition coefficient (Wildman–Crippen LogP) is 1.49. The Morgan fingerprint density at radius 1 is 1.39 bits per heavy atom. The van der Waals surface area contributed by atoms with E-state index < -0.39 is 0 Å². The summed E-state index contributed by atoms with van der Waals surface area (Å²) in [6.07, 6.45) is 0. The van der Waals surface area contributed by atoms with Crippen molar-refractivity contribution in [3.63, 3.8) is 0 Å². The molecular formula is C13H20ClFN2O. The van der Waals surface area contributed by atoms with Gasteiger partial charge in [0.2, 0.25) is 0 Å². The van der Waals surface area contributed by atoms with Gasteiger partial charge >= 0.3 is 0 Å². The van der Waals surface area contributed by atoms with Crippen LogP contribution in [0.25, 0.3) is 0 Å². The van der Waals surface area contributed by atoms with Gasteiger partial charge in [-0.1, -0.05) is 12.1 Å². The second-order valence-corrected chi connectivity index (χ2v) is 4.51. The molecule has 0 saturated carbocycles. The topological polar surface area (TPSA) is 35.5 Å².